The number of nitrogens with zero attached hydrogens (tertiary/aromatic N) is 6. The van der Waals surface area contributed by atoms with Crippen LogP contribution in [-0.2, 0) is 11.1 Å². The molecule has 1 unspecified atom stereocenters. The summed E-state index contributed by atoms with van der Waals surface area (Å²) in [4.78, 5) is 32.9. The molecule has 0 aliphatic heterocycles. The summed E-state index contributed by atoms with van der Waals surface area (Å²) in [6, 6.07) is 0. The summed E-state index contributed by atoms with van der Waals surface area (Å²) in [6.45, 7) is 0.786. The Balaban J connectivity index is 1.77. The minimum Gasteiger partial charge on any atom is -0.340 e. The highest BCUT2D eigenvalue weighted by molar-refractivity contribution is 7.52. The average Bonchev–Trinajstić information content (AvgIpc) is 3.31. The SMILES string of the molecule is NC(CCN(Cc1nccs1)c1nc(-n2ccnc2)ns1)P(=O)(O)O. The van der Waals surface area contributed by atoms with Crippen LogP contribution < -0.4 is 10.6 Å². The first kappa shape index (κ1) is 18.1. The average molecular weight is 401 g/mol. The lowest BCUT2D eigenvalue weighted by atomic mass is 10.4. The van der Waals surface area contributed by atoms with Crippen LogP contribution in [0.4, 0.5) is 5.13 Å². The predicted octanol–water partition coefficient (Wildman–Crippen LogP) is 1.04. The molecule has 0 spiro atoms. The molecule has 0 bridgehead atoms. The van der Waals surface area contributed by atoms with Crippen LogP contribution in [0.2, 0.25) is 0 Å². The summed E-state index contributed by atoms with van der Waals surface area (Å²) >= 11 is 2.69. The molecular weight excluding hydrogens is 385 g/mol. The molecule has 0 aromatic carbocycles. The monoisotopic (exact) mass is 401 g/mol. The zero-order chi connectivity index (χ0) is 17.9. The third-order valence-electron chi connectivity index (χ3n) is 3.35. The van der Waals surface area contributed by atoms with E-state index in [0.29, 0.717) is 24.2 Å². The van der Waals surface area contributed by atoms with Crippen molar-refractivity contribution in [2.75, 3.05) is 11.4 Å². The second kappa shape index (κ2) is 7.68. The smallest absolute Gasteiger partial charge is 0.340 e. The molecule has 25 heavy (non-hydrogen) atoms. The summed E-state index contributed by atoms with van der Waals surface area (Å²) < 4.78 is 17.2. The third-order valence-corrected chi connectivity index (χ3v) is 6.00. The maximum atomic E-state index is 11.3. The molecule has 1 atom stereocenters. The molecule has 3 aromatic heterocycles. The Bertz CT molecular complexity index is 833. The molecule has 0 fully saturated rings. The van der Waals surface area contributed by atoms with Crippen molar-refractivity contribution in [3.63, 3.8) is 0 Å². The van der Waals surface area contributed by atoms with Crippen LogP contribution in [-0.4, -0.2) is 46.0 Å². The van der Waals surface area contributed by atoms with Crippen molar-refractivity contribution in [1.82, 2.24) is 23.9 Å². The molecule has 0 saturated heterocycles. The van der Waals surface area contributed by atoms with Gasteiger partial charge in [-0.05, 0) is 6.42 Å². The fourth-order valence-electron chi connectivity index (χ4n) is 2.01. The molecule has 0 radical (unpaired) electrons. The van der Waals surface area contributed by atoms with Crippen LogP contribution in [0.25, 0.3) is 5.95 Å². The van der Waals surface area contributed by atoms with Crippen molar-refractivity contribution in [1.29, 1.82) is 0 Å². The van der Waals surface area contributed by atoms with Crippen molar-refractivity contribution in [3.8, 4) is 5.95 Å². The molecule has 0 aliphatic carbocycles. The summed E-state index contributed by atoms with van der Waals surface area (Å²) in [5.41, 5.74) is 5.59. The minimum atomic E-state index is -4.32. The Kier molecular flexibility index (Phi) is 5.57. The second-order valence-electron chi connectivity index (χ2n) is 5.14. The highest BCUT2D eigenvalue weighted by Crippen LogP contribution is 2.40. The molecule has 134 valence electrons. The van der Waals surface area contributed by atoms with Gasteiger partial charge >= 0.3 is 7.60 Å². The van der Waals surface area contributed by atoms with E-state index in [2.05, 4.69) is 19.3 Å². The Hall–Kier alpha value is -1.69. The topological polar surface area (TPSA) is 143 Å². The van der Waals surface area contributed by atoms with Gasteiger partial charge in [0.05, 0.1) is 6.54 Å². The fraction of sp³-hybridized carbons (Fsp3) is 0.333. The van der Waals surface area contributed by atoms with Crippen LogP contribution in [0.1, 0.15) is 11.4 Å². The standard InChI is InChI=1S/C12H16N7O3PS2/c13-9(23(20,21)22)1-4-18(7-10-15-3-6-24-10)12-16-11(17-25-12)19-5-2-14-8-19/h2-3,5-6,8-9H,1,4,7,13H2,(H2,20,21,22). The zero-order valence-electron chi connectivity index (χ0n) is 12.9. The van der Waals surface area contributed by atoms with Gasteiger partial charge < -0.3 is 20.4 Å². The van der Waals surface area contributed by atoms with E-state index in [9.17, 15) is 14.4 Å². The highest BCUT2D eigenvalue weighted by atomic mass is 32.1. The maximum absolute atomic E-state index is 11.3. The van der Waals surface area contributed by atoms with Crippen molar-refractivity contribution in [3.05, 3.63) is 35.3 Å². The molecule has 10 nitrogen and oxygen atoms in total. The Morgan fingerprint density at radius 1 is 1.40 bits per heavy atom. The van der Waals surface area contributed by atoms with Gasteiger partial charge in [0, 0.05) is 42.0 Å². The number of hydrogen-bond acceptors (Lipinski definition) is 9. The Labute approximate surface area is 151 Å². The first-order valence-electron chi connectivity index (χ1n) is 7.19. The molecule has 3 heterocycles. The molecule has 3 aromatic rings. The number of nitrogens with two attached hydrogens (primary N) is 1. The van der Waals surface area contributed by atoms with Gasteiger partial charge in [-0.25, -0.2) is 9.97 Å². The lowest BCUT2D eigenvalue weighted by Gasteiger charge is -2.22. The molecule has 0 amide bonds. The van der Waals surface area contributed by atoms with E-state index >= 15 is 0 Å². The van der Waals surface area contributed by atoms with E-state index < -0.39 is 13.4 Å². The first-order chi connectivity index (χ1) is 11.9. The third kappa shape index (κ3) is 4.69. The van der Waals surface area contributed by atoms with Crippen LogP contribution in [0.5, 0.6) is 0 Å². The number of aromatic nitrogens is 5. The number of rotatable bonds is 8. The normalized spacial score (nSPS) is 13.1. The quantitative estimate of drug-likeness (QED) is 0.472. The molecule has 4 N–H and O–H groups in total. The number of anilines is 1. The van der Waals surface area contributed by atoms with Gasteiger partial charge in [0.2, 0.25) is 11.1 Å². The van der Waals surface area contributed by atoms with E-state index in [-0.39, 0.29) is 6.42 Å². The van der Waals surface area contributed by atoms with E-state index in [0.717, 1.165) is 5.01 Å². The number of imidazole rings is 1. The summed E-state index contributed by atoms with van der Waals surface area (Å²) in [6.07, 6.45) is 6.79. The van der Waals surface area contributed by atoms with E-state index in [1.54, 1.807) is 29.5 Å². The van der Waals surface area contributed by atoms with Crippen LogP contribution in [0, 0.1) is 0 Å². The zero-order valence-corrected chi connectivity index (χ0v) is 15.4. The van der Waals surface area contributed by atoms with Crippen molar-refractivity contribution in [2.45, 2.75) is 18.7 Å². The Morgan fingerprint density at radius 3 is 2.88 bits per heavy atom. The van der Waals surface area contributed by atoms with Gasteiger partial charge in [-0.3, -0.25) is 9.13 Å². The second-order valence-corrected chi connectivity index (χ2v) is 8.69. The molecule has 13 heteroatoms. The molecule has 0 aliphatic rings. The highest BCUT2D eigenvalue weighted by Gasteiger charge is 2.26. The van der Waals surface area contributed by atoms with E-state index in [1.807, 2.05) is 10.3 Å². The summed E-state index contributed by atoms with van der Waals surface area (Å²) in [5, 5.41) is 3.35. The molecular formula is C12H16N7O3PS2. The molecule has 3 rings (SSSR count). The van der Waals surface area contributed by atoms with Crippen LogP contribution in [0.3, 0.4) is 0 Å². The number of thiazole rings is 1. The van der Waals surface area contributed by atoms with E-state index in [4.69, 9.17) is 5.73 Å². The van der Waals surface area contributed by atoms with E-state index in [1.165, 1.54) is 22.9 Å². The fourth-order valence-corrected chi connectivity index (χ4v) is 3.79. The minimum absolute atomic E-state index is 0.121. The van der Waals surface area contributed by atoms with Gasteiger partial charge in [0.15, 0.2) is 0 Å². The first-order valence-corrected chi connectivity index (χ1v) is 10.5. The van der Waals surface area contributed by atoms with Crippen molar-refractivity contribution < 1.29 is 14.4 Å². The van der Waals surface area contributed by atoms with Gasteiger partial charge in [-0.15, -0.1) is 11.3 Å². The van der Waals surface area contributed by atoms with Gasteiger partial charge in [0.1, 0.15) is 17.1 Å². The number of hydrogen-bond donors (Lipinski definition) is 3. The lowest BCUT2D eigenvalue weighted by molar-refractivity contribution is 0.355. The van der Waals surface area contributed by atoms with Gasteiger partial charge in [0.25, 0.3) is 0 Å². The molecule has 0 saturated carbocycles. The van der Waals surface area contributed by atoms with Crippen LogP contribution >= 0.6 is 30.5 Å². The predicted molar refractivity (Wildman–Crippen MR) is 94.8 cm³/mol. The largest absolute Gasteiger partial charge is 0.342 e. The lowest BCUT2D eigenvalue weighted by Crippen LogP contribution is -2.30. The van der Waals surface area contributed by atoms with Crippen LogP contribution in [0.15, 0.2) is 30.3 Å². The Morgan fingerprint density at radius 2 is 2.24 bits per heavy atom. The van der Waals surface area contributed by atoms with Crippen molar-refractivity contribution in [2.24, 2.45) is 5.73 Å². The summed E-state index contributed by atoms with van der Waals surface area (Å²) in [5.74, 6) is -0.728. The maximum Gasteiger partial charge on any atom is 0.342 e. The van der Waals surface area contributed by atoms with Crippen molar-refractivity contribution >= 4 is 35.6 Å². The van der Waals surface area contributed by atoms with Gasteiger partial charge in [-0.1, -0.05) is 0 Å². The van der Waals surface area contributed by atoms with Gasteiger partial charge in [-0.2, -0.15) is 9.36 Å². The summed E-state index contributed by atoms with van der Waals surface area (Å²) in [7, 11) is -4.32.